The van der Waals surface area contributed by atoms with Crippen LogP contribution in [0.3, 0.4) is 0 Å². The van der Waals surface area contributed by atoms with Gasteiger partial charge in [-0.25, -0.2) is 4.99 Å². The number of nitrogens with zero attached hydrogens (tertiary/aromatic N) is 2. The zero-order chi connectivity index (χ0) is 9.42. The van der Waals surface area contributed by atoms with Crippen molar-refractivity contribution in [2.75, 3.05) is 14.1 Å². The molecule has 1 aliphatic rings. The molecule has 1 aromatic carbocycles. The Balaban J connectivity index is 2.38. The molecular formula is C10H11ClN2. The summed E-state index contributed by atoms with van der Waals surface area (Å²) in [6.07, 6.45) is 0.916. The lowest BCUT2D eigenvalue weighted by Crippen LogP contribution is -2.21. The molecule has 0 bridgehead atoms. The fourth-order valence-electron chi connectivity index (χ4n) is 1.40. The minimum atomic E-state index is 0.752. The average Bonchev–Trinajstić information content (AvgIpc) is 2.46. The van der Waals surface area contributed by atoms with Crippen molar-refractivity contribution in [3.05, 3.63) is 28.8 Å². The minimum absolute atomic E-state index is 0.752. The third-order valence-corrected chi connectivity index (χ3v) is 2.40. The highest BCUT2D eigenvalue weighted by atomic mass is 35.5. The number of benzene rings is 1. The van der Waals surface area contributed by atoms with Crippen molar-refractivity contribution >= 4 is 23.1 Å². The Kier molecular flexibility index (Phi) is 2.00. The maximum Gasteiger partial charge on any atom is 0.109 e. The first-order valence-electron chi connectivity index (χ1n) is 4.20. The van der Waals surface area contributed by atoms with E-state index in [1.54, 1.807) is 0 Å². The largest absolute Gasteiger partial charge is 0.366 e. The third-order valence-electron chi connectivity index (χ3n) is 2.16. The molecule has 0 aliphatic carbocycles. The van der Waals surface area contributed by atoms with Crippen LogP contribution in [0.4, 0.5) is 5.69 Å². The summed E-state index contributed by atoms with van der Waals surface area (Å²) in [6.45, 7) is 0. The van der Waals surface area contributed by atoms with Gasteiger partial charge in [0.25, 0.3) is 0 Å². The molecule has 0 fully saturated rings. The molecule has 0 spiro atoms. The Hall–Kier alpha value is -1.02. The van der Waals surface area contributed by atoms with Crippen LogP contribution < -0.4 is 0 Å². The monoisotopic (exact) mass is 194 g/mol. The molecule has 1 heterocycles. The molecule has 0 N–H and O–H groups in total. The van der Waals surface area contributed by atoms with Gasteiger partial charge in [-0.3, -0.25) is 0 Å². The van der Waals surface area contributed by atoms with Gasteiger partial charge < -0.3 is 4.90 Å². The molecule has 1 aromatic rings. The number of likely N-dealkylation sites (N-methyl/N-ethyl adjacent to an activating group) is 1. The maximum absolute atomic E-state index is 5.87. The summed E-state index contributed by atoms with van der Waals surface area (Å²) in [5.74, 6) is 1.09. The second-order valence-corrected chi connectivity index (χ2v) is 3.81. The van der Waals surface area contributed by atoms with E-state index < -0.39 is 0 Å². The molecule has 2 rings (SSSR count). The first-order chi connectivity index (χ1) is 6.16. The number of hydrogen-bond donors (Lipinski definition) is 0. The molecule has 13 heavy (non-hydrogen) atoms. The normalized spacial score (nSPS) is 13.9. The van der Waals surface area contributed by atoms with Crippen LogP contribution in [0.1, 0.15) is 5.56 Å². The van der Waals surface area contributed by atoms with Crippen LogP contribution in [-0.4, -0.2) is 24.8 Å². The van der Waals surface area contributed by atoms with Crippen molar-refractivity contribution in [1.82, 2.24) is 4.90 Å². The van der Waals surface area contributed by atoms with Crippen LogP contribution in [0.2, 0.25) is 5.02 Å². The quantitative estimate of drug-likeness (QED) is 0.620. The smallest absolute Gasteiger partial charge is 0.109 e. The van der Waals surface area contributed by atoms with E-state index >= 15 is 0 Å². The van der Waals surface area contributed by atoms with Gasteiger partial charge in [-0.15, -0.1) is 0 Å². The van der Waals surface area contributed by atoms with Crippen molar-refractivity contribution in [2.24, 2.45) is 4.99 Å². The summed E-state index contributed by atoms with van der Waals surface area (Å²) in [4.78, 5) is 6.51. The summed E-state index contributed by atoms with van der Waals surface area (Å²) >= 11 is 5.87. The lowest BCUT2D eigenvalue weighted by Gasteiger charge is -2.10. The zero-order valence-electron chi connectivity index (χ0n) is 7.71. The van der Waals surface area contributed by atoms with Crippen molar-refractivity contribution in [3.8, 4) is 0 Å². The molecule has 0 radical (unpaired) electrons. The van der Waals surface area contributed by atoms with Crippen LogP contribution in [0.25, 0.3) is 0 Å². The highest BCUT2D eigenvalue weighted by Crippen LogP contribution is 2.29. The van der Waals surface area contributed by atoms with E-state index in [-0.39, 0.29) is 0 Å². The van der Waals surface area contributed by atoms with E-state index in [4.69, 9.17) is 11.6 Å². The lowest BCUT2D eigenvalue weighted by atomic mass is 10.1. The van der Waals surface area contributed by atoms with E-state index in [2.05, 4.69) is 4.99 Å². The highest BCUT2D eigenvalue weighted by Gasteiger charge is 2.15. The lowest BCUT2D eigenvalue weighted by molar-refractivity contribution is 0.614. The Morgan fingerprint density at radius 1 is 1.38 bits per heavy atom. The Bertz CT molecular complexity index is 369. The van der Waals surface area contributed by atoms with Crippen LogP contribution in [0.15, 0.2) is 23.2 Å². The SMILES string of the molecule is CN(C)C1=Nc2cc(Cl)ccc2C1. The van der Waals surface area contributed by atoms with E-state index in [0.29, 0.717) is 0 Å². The summed E-state index contributed by atoms with van der Waals surface area (Å²) in [7, 11) is 4.01. The summed E-state index contributed by atoms with van der Waals surface area (Å²) in [5, 5.41) is 0.752. The first kappa shape index (κ1) is 8.57. The number of fused-ring (bicyclic) bond motifs is 1. The van der Waals surface area contributed by atoms with Gasteiger partial charge in [-0.05, 0) is 17.7 Å². The molecule has 0 aromatic heterocycles. The topological polar surface area (TPSA) is 15.6 Å². The fraction of sp³-hybridized carbons (Fsp3) is 0.300. The molecule has 0 unspecified atom stereocenters. The fourth-order valence-corrected chi connectivity index (χ4v) is 1.56. The number of hydrogen-bond acceptors (Lipinski definition) is 2. The van der Waals surface area contributed by atoms with Crippen LogP contribution >= 0.6 is 11.6 Å². The molecule has 0 saturated carbocycles. The Labute approximate surface area is 82.8 Å². The molecule has 0 atom stereocenters. The minimum Gasteiger partial charge on any atom is -0.366 e. The molecule has 2 nitrogen and oxygen atoms in total. The third kappa shape index (κ3) is 1.54. The van der Waals surface area contributed by atoms with Crippen molar-refractivity contribution in [2.45, 2.75) is 6.42 Å². The van der Waals surface area contributed by atoms with Crippen LogP contribution in [-0.2, 0) is 6.42 Å². The standard InChI is InChI=1S/C10H11ClN2/c1-13(2)10-5-7-3-4-8(11)6-9(7)12-10/h3-4,6H,5H2,1-2H3. The molecule has 0 saturated heterocycles. The second-order valence-electron chi connectivity index (χ2n) is 3.37. The Morgan fingerprint density at radius 2 is 2.15 bits per heavy atom. The van der Waals surface area contributed by atoms with Crippen LogP contribution in [0, 0.1) is 0 Å². The zero-order valence-corrected chi connectivity index (χ0v) is 8.47. The van der Waals surface area contributed by atoms with Crippen molar-refractivity contribution in [3.63, 3.8) is 0 Å². The first-order valence-corrected chi connectivity index (χ1v) is 4.58. The van der Waals surface area contributed by atoms with Gasteiger partial charge in [0, 0.05) is 25.5 Å². The second kappa shape index (κ2) is 3.04. The molecule has 1 aliphatic heterocycles. The highest BCUT2D eigenvalue weighted by molar-refractivity contribution is 6.30. The van der Waals surface area contributed by atoms with E-state index in [1.165, 1.54) is 5.56 Å². The van der Waals surface area contributed by atoms with E-state index in [0.717, 1.165) is 23.0 Å². The predicted octanol–water partition coefficient (Wildman–Crippen LogP) is 2.49. The van der Waals surface area contributed by atoms with E-state index in [1.807, 2.05) is 37.2 Å². The summed E-state index contributed by atoms with van der Waals surface area (Å²) < 4.78 is 0. The van der Waals surface area contributed by atoms with Crippen molar-refractivity contribution in [1.29, 1.82) is 0 Å². The molecule has 68 valence electrons. The van der Waals surface area contributed by atoms with Gasteiger partial charge in [0.2, 0.25) is 0 Å². The molecular weight excluding hydrogens is 184 g/mol. The number of amidine groups is 1. The van der Waals surface area contributed by atoms with Gasteiger partial charge in [0.05, 0.1) is 5.69 Å². The predicted molar refractivity (Wildman–Crippen MR) is 55.9 cm³/mol. The van der Waals surface area contributed by atoms with Gasteiger partial charge in [-0.1, -0.05) is 17.7 Å². The van der Waals surface area contributed by atoms with Gasteiger partial charge >= 0.3 is 0 Å². The number of halogens is 1. The average molecular weight is 195 g/mol. The summed E-state index contributed by atoms with van der Waals surface area (Å²) in [5.41, 5.74) is 2.27. The maximum atomic E-state index is 5.87. The van der Waals surface area contributed by atoms with Crippen molar-refractivity contribution < 1.29 is 0 Å². The number of rotatable bonds is 0. The van der Waals surface area contributed by atoms with Gasteiger partial charge in [-0.2, -0.15) is 0 Å². The molecule has 3 heteroatoms. The number of aliphatic imine (C=N–C) groups is 1. The van der Waals surface area contributed by atoms with Gasteiger partial charge in [0.15, 0.2) is 0 Å². The summed E-state index contributed by atoms with van der Waals surface area (Å²) in [6, 6.07) is 5.86. The Morgan fingerprint density at radius 3 is 2.85 bits per heavy atom. The van der Waals surface area contributed by atoms with Gasteiger partial charge in [0.1, 0.15) is 5.84 Å². The van der Waals surface area contributed by atoms with Crippen LogP contribution in [0.5, 0.6) is 0 Å². The van der Waals surface area contributed by atoms with E-state index in [9.17, 15) is 0 Å². The molecule has 0 amide bonds.